The second kappa shape index (κ2) is 8.70. The molecule has 1 unspecified atom stereocenters. The van der Waals surface area contributed by atoms with Gasteiger partial charge in [-0.2, -0.15) is 0 Å². The van der Waals surface area contributed by atoms with E-state index in [0.29, 0.717) is 16.7 Å². The van der Waals surface area contributed by atoms with Gasteiger partial charge in [-0.3, -0.25) is 4.79 Å². The molecule has 0 aliphatic rings. The van der Waals surface area contributed by atoms with Crippen molar-refractivity contribution in [1.82, 2.24) is 4.57 Å². The minimum Gasteiger partial charge on any atom is -0.460 e. The molecule has 4 nitrogen and oxygen atoms in total. The molecule has 0 radical (unpaired) electrons. The molecular formula is C24H25NO3. The predicted octanol–water partition coefficient (Wildman–Crippen LogP) is 5.14. The van der Waals surface area contributed by atoms with Gasteiger partial charge >= 0.3 is 5.97 Å². The summed E-state index contributed by atoms with van der Waals surface area (Å²) < 4.78 is 7.66. The second-order valence-electron chi connectivity index (χ2n) is 6.88. The fraction of sp³-hybridized carbons (Fsp3) is 0.250. The lowest BCUT2D eigenvalue weighted by molar-refractivity contribution is 0.0441. The van der Waals surface area contributed by atoms with Gasteiger partial charge in [0.25, 0.3) is 0 Å². The number of aromatic nitrogens is 1. The first-order valence-corrected chi connectivity index (χ1v) is 9.53. The fourth-order valence-electron chi connectivity index (χ4n) is 3.52. The highest BCUT2D eigenvalue weighted by atomic mass is 16.5. The number of esters is 1. The van der Waals surface area contributed by atoms with Crippen molar-refractivity contribution in [2.24, 2.45) is 0 Å². The number of carbonyl (C=O) groups is 2. The molecule has 0 spiro atoms. The summed E-state index contributed by atoms with van der Waals surface area (Å²) in [5, 5.41) is 0. The SMILES string of the molecule is CCC(COC(=O)c1ccccc1)n1c(C)cc(C(=O)c2ccccc2)c1C. The number of benzene rings is 2. The molecular weight excluding hydrogens is 350 g/mol. The van der Waals surface area contributed by atoms with Crippen LogP contribution in [-0.2, 0) is 4.74 Å². The molecule has 0 amide bonds. The van der Waals surface area contributed by atoms with E-state index in [4.69, 9.17) is 4.74 Å². The lowest BCUT2D eigenvalue weighted by Crippen LogP contribution is -2.20. The Hall–Kier alpha value is -3.14. The van der Waals surface area contributed by atoms with E-state index in [9.17, 15) is 9.59 Å². The largest absolute Gasteiger partial charge is 0.460 e. The Labute approximate surface area is 165 Å². The molecule has 3 aromatic rings. The van der Waals surface area contributed by atoms with Crippen molar-refractivity contribution in [2.45, 2.75) is 33.2 Å². The Kier molecular flexibility index (Phi) is 6.09. The summed E-state index contributed by atoms with van der Waals surface area (Å²) in [5.41, 5.74) is 3.79. The number of aryl methyl sites for hydroxylation is 1. The van der Waals surface area contributed by atoms with Crippen molar-refractivity contribution in [3.05, 3.63) is 94.8 Å². The number of ether oxygens (including phenoxy) is 1. The lowest BCUT2D eigenvalue weighted by Gasteiger charge is -2.21. The zero-order chi connectivity index (χ0) is 20.1. The van der Waals surface area contributed by atoms with E-state index in [-0.39, 0.29) is 24.4 Å². The zero-order valence-electron chi connectivity index (χ0n) is 16.5. The van der Waals surface area contributed by atoms with Crippen LogP contribution in [-0.4, -0.2) is 22.9 Å². The van der Waals surface area contributed by atoms with Crippen LogP contribution in [0.15, 0.2) is 66.7 Å². The fourth-order valence-corrected chi connectivity index (χ4v) is 3.52. The first-order chi connectivity index (χ1) is 13.5. The normalized spacial score (nSPS) is 11.8. The third-order valence-electron chi connectivity index (χ3n) is 5.02. The van der Waals surface area contributed by atoms with E-state index in [2.05, 4.69) is 11.5 Å². The van der Waals surface area contributed by atoms with Gasteiger partial charge in [-0.15, -0.1) is 0 Å². The van der Waals surface area contributed by atoms with Gasteiger partial charge in [0, 0.05) is 22.5 Å². The van der Waals surface area contributed by atoms with Crippen molar-refractivity contribution < 1.29 is 14.3 Å². The quantitative estimate of drug-likeness (QED) is 0.424. The molecule has 1 aromatic heterocycles. The Morgan fingerprint density at radius 1 is 0.929 bits per heavy atom. The van der Waals surface area contributed by atoms with Crippen LogP contribution in [0.3, 0.4) is 0 Å². The summed E-state index contributed by atoms with van der Waals surface area (Å²) >= 11 is 0. The Morgan fingerprint density at radius 2 is 1.50 bits per heavy atom. The number of carbonyl (C=O) groups excluding carboxylic acids is 2. The average molecular weight is 375 g/mol. The molecule has 2 aromatic carbocycles. The summed E-state index contributed by atoms with van der Waals surface area (Å²) in [7, 11) is 0. The summed E-state index contributed by atoms with van der Waals surface area (Å²) in [5.74, 6) is -0.321. The number of rotatable bonds is 7. The van der Waals surface area contributed by atoms with Gasteiger partial charge in [-0.25, -0.2) is 4.79 Å². The van der Waals surface area contributed by atoms with Crippen molar-refractivity contribution >= 4 is 11.8 Å². The monoisotopic (exact) mass is 375 g/mol. The van der Waals surface area contributed by atoms with Crippen LogP contribution >= 0.6 is 0 Å². The highest BCUT2D eigenvalue weighted by Gasteiger charge is 2.22. The molecule has 0 saturated heterocycles. The first-order valence-electron chi connectivity index (χ1n) is 9.53. The Bertz CT molecular complexity index is 958. The van der Waals surface area contributed by atoms with Gasteiger partial charge in [0.15, 0.2) is 5.78 Å². The smallest absolute Gasteiger partial charge is 0.338 e. The maximum atomic E-state index is 12.9. The van der Waals surface area contributed by atoms with Crippen LogP contribution < -0.4 is 0 Å². The van der Waals surface area contributed by atoms with Gasteiger partial charge in [-0.1, -0.05) is 55.5 Å². The predicted molar refractivity (Wildman–Crippen MR) is 110 cm³/mol. The van der Waals surface area contributed by atoms with Crippen molar-refractivity contribution in [1.29, 1.82) is 0 Å². The average Bonchev–Trinajstić information content (AvgIpc) is 3.03. The number of hydrogen-bond acceptors (Lipinski definition) is 3. The maximum absolute atomic E-state index is 12.9. The van der Waals surface area contributed by atoms with Gasteiger partial charge in [0.05, 0.1) is 11.6 Å². The van der Waals surface area contributed by atoms with Crippen LogP contribution in [0.5, 0.6) is 0 Å². The van der Waals surface area contributed by atoms with Crippen LogP contribution in [0.4, 0.5) is 0 Å². The molecule has 0 fully saturated rings. The molecule has 1 heterocycles. The van der Waals surface area contributed by atoms with E-state index in [1.54, 1.807) is 12.1 Å². The third-order valence-corrected chi connectivity index (χ3v) is 5.02. The third kappa shape index (κ3) is 4.06. The van der Waals surface area contributed by atoms with Crippen LogP contribution in [0.2, 0.25) is 0 Å². The van der Waals surface area contributed by atoms with E-state index < -0.39 is 0 Å². The summed E-state index contributed by atoms with van der Waals surface area (Å²) in [6, 6.07) is 20.2. The molecule has 144 valence electrons. The van der Waals surface area contributed by atoms with Gasteiger partial charge in [0.1, 0.15) is 6.61 Å². The van der Waals surface area contributed by atoms with E-state index in [1.807, 2.05) is 68.4 Å². The Morgan fingerprint density at radius 3 is 2.07 bits per heavy atom. The molecule has 0 aliphatic heterocycles. The molecule has 0 N–H and O–H groups in total. The molecule has 1 atom stereocenters. The van der Waals surface area contributed by atoms with Gasteiger partial charge in [-0.05, 0) is 38.5 Å². The number of hydrogen-bond donors (Lipinski definition) is 0. The summed E-state index contributed by atoms with van der Waals surface area (Å²) in [4.78, 5) is 25.2. The zero-order valence-corrected chi connectivity index (χ0v) is 16.5. The van der Waals surface area contributed by atoms with Crippen LogP contribution in [0.1, 0.15) is 57.1 Å². The molecule has 3 rings (SSSR count). The number of nitrogens with zero attached hydrogens (tertiary/aromatic N) is 1. The number of ketones is 1. The topological polar surface area (TPSA) is 48.3 Å². The lowest BCUT2D eigenvalue weighted by atomic mass is 10.0. The van der Waals surface area contributed by atoms with Crippen molar-refractivity contribution in [3.63, 3.8) is 0 Å². The standard InChI is InChI=1S/C24H25NO3/c1-4-21(16-28-24(27)20-13-9-6-10-14-20)25-17(2)15-22(18(25)3)23(26)19-11-7-5-8-12-19/h5-15,21H,4,16H2,1-3H3. The maximum Gasteiger partial charge on any atom is 0.338 e. The van der Waals surface area contributed by atoms with E-state index in [1.165, 1.54) is 0 Å². The van der Waals surface area contributed by atoms with Crippen molar-refractivity contribution in [3.8, 4) is 0 Å². The van der Waals surface area contributed by atoms with Gasteiger partial charge < -0.3 is 9.30 Å². The van der Waals surface area contributed by atoms with Gasteiger partial charge in [0.2, 0.25) is 0 Å². The first kappa shape index (κ1) is 19.6. The minimum absolute atomic E-state index is 0.0103. The molecule has 4 heteroatoms. The van der Waals surface area contributed by atoms with Crippen LogP contribution in [0, 0.1) is 13.8 Å². The highest BCUT2D eigenvalue weighted by Crippen LogP contribution is 2.25. The molecule has 0 aliphatic carbocycles. The summed E-state index contributed by atoms with van der Waals surface area (Å²) in [6.07, 6.45) is 0.789. The molecule has 28 heavy (non-hydrogen) atoms. The second-order valence-corrected chi connectivity index (χ2v) is 6.88. The minimum atomic E-state index is -0.331. The van der Waals surface area contributed by atoms with E-state index >= 15 is 0 Å². The van der Waals surface area contributed by atoms with E-state index in [0.717, 1.165) is 17.8 Å². The Balaban J connectivity index is 1.80. The van der Waals surface area contributed by atoms with Crippen molar-refractivity contribution in [2.75, 3.05) is 6.61 Å². The molecule has 0 bridgehead atoms. The summed E-state index contributed by atoms with van der Waals surface area (Å²) in [6.45, 7) is 6.25. The van der Waals surface area contributed by atoms with Crippen LogP contribution in [0.25, 0.3) is 0 Å². The molecule has 0 saturated carbocycles. The highest BCUT2D eigenvalue weighted by molar-refractivity contribution is 6.09.